The molecule has 4 heteroatoms. The number of anilines is 1. The summed E-state index contributed by atoms with van der Waals surface area (Å²) in [6.07, 6.45) is 9.22. The Labute approximate surface area is 121 Å². The second kappa shape index (κ2) is 5.68. The molecule has 0 spiro atoms. The number of nitrogens with zero attached hydrogens (tertiary/aromatic N) is 2. The van der Waals surface area contributed by atoms with Crippen LogP contribution in [-0.4, -0.2) is 23.6 Å². The van der Waals surface area contributed by atoms with E-state index < -0.39 is 0 Å². The third kappa shape index (κ3) is 2.30. The van der Waals surface area contributed by atoms with E-state index in [0.29, 0.717) is 0 Å². The normalized spacial score (nSPS) is 20.7. The minimum atomic E-state index is -0.250. The van der Waals surface area contributed by atoms with Gasteiger partial charge in [0.05, 0.1) is 0 Å². The highest BCUT2D eigenvalue weighted by molar-refractivity contribution is 5.49. The smallest absolute Gasteiger partial charge is 0.162 e. The highest BCUT2D eigenvalue weighted by atomic mass is 16.5. The van der Waals surface area contributed by atoms with Crippen LogP contribution in [0.5, 0.6) is 0 Å². The summed E-state index contributed by atoms with van der Waals surface area (Å²) in [5.41, 5.74) is 2.32. The van der Waals surface area contributed by atoms with Gasteiger partial charge in [-0.25, -0.2) is 9.97 Å². The van der Waals surface area contributed by atoms with Gasteiger partial charge in [-0.3, -0.25) is 0 Å². The van der Waals surface area contributed by atoms with Crippen molar-refractivity contribution >= 4 is 5.82 Å². The zero-order valence-corrected chi connectivity index (χ0v) is 12.7. The molecule has 3 rings (SSSR count). The number of aryl methyl sites for hydroxylation is 1. The van der Waals surface area contributed by atoms with Crippen molar-refractivity contribution in [2.75, 3.05) is 19.0 Å². The van der Waals surface area contributed by atoms with Crippen LogP contribution in [0.25, 0.3) is 0 Å². The van der Waals surface area contributed by atoms with Crippen molar-refractivity contribution in [3.05, 3.63) is 17.1 Å². The topological polar surface area (TPSA) is 47.0 Å². The van der Waals surface area contributed by atoms with E-state index in [1.54, 1.807) is 0 Å². The molecule has 1 saturated carbocycles. The van der Waals surface area contributed by atoms with Crippen LogP contribution in [0.2, 0.25) is 0 Å². The first-order valence-electron chi connectivity index (χ1n) is 7.98. The minimum Gasteiger partial charge on any atom is -0.370 e. The van der Waals surface area contributed by atoms with Crippen molar-refractivity contribution < 1.29 is 4.74 Å². The number of hydrogen-bond acceptors (Lipinski definition) is 4. The third-order valence-corrected chi connectivity index (χ3v) is 4.74. The van der Waals surface area contributed by atoms with Gasteiger partial charge in [0.1, 0.15) is 11.4 Å². The molecule has 0 amide bonds. The minimum absolute atomic E-state index is 0.250. The van der Waals surface area contributed by atoms with E-state index in [9.17, 15) is 0 Å². The van der Waals surface area contributed by atoms with Crippen LogP contribution in [0.15, 0.2) is 0 Å². The van der Waals surface area contributed by atoms with Crippen molar-refractivity contribution in [1.29, 1.82) is 0 Å². The zero-order chi connectivity index (χ0) is 14.0. The molecule has 0 aromatic carbocycles. The highest BCUT2D eigenvalue weighted by Gasteiger charge is 2.38. The molecule has 1 aromatic heterocycles. The lowest BCUT2D eigenvalue weighted by atomic mass is 9.83. The summed E-state index contributed by atoms with van der Waals surface area (Å²) in [5, 5.41) is 3.42. The van der Waals surface area contributed by atoms with Gasteiger partial charge in [0.2, 0.25) is 0 Å². The molecule has 110 valence electrons. The van der Waals surface area contributed by atoms with Crippen molar-refractivity contribution in [3.63, 3.8) is 0 Å². The Morgan fingerprint density at radius 1 is 1.10 bits per heavy atom. The Morgan fingerprint density at radius 3 is 2.60 bits per heavy atom. The first-order chi connectivity index (χ1) is 9.79. The maximum Gasteiger partial charge on any atom is 0.162 e. The molecule has 20 heavy (non-hydrogen) atoms. The molecule has 1 aromatic rings. The molecule has 1 N–H and O–H groups in total. The Kier molecular flexibility index (Phi) is 3.92. The molecule has 0 atom stereocenters. The van der Waals surface area contributed by atoms with Crippen LogP contribution in [0.3, 0.4) is 0 Å². The zero-order valence-electron chi connectivity index (χ0n) is 12.7. The summed E-state index contributed by atoms with van der Waals surface area (Å²) in [7, 11) is 1.81. The van der Waals surface area contributed by atoms with Crippen LogP contribution >= 0.6 is 0 Å². The summed E-state index contributed by atoms with van der Waals surface area (Å²) in [6.45, 7) is 3.03. The van der Waals surface area contributed by atoms with Crippen molar-refractivity contribution in [2.45, 2.75) is 63.9 Å². The number of methoxy groups -OCH3 is 1. The molecule has 4 nitrogen and oxygen atoms in total. The summed E-state index contributed by atoms with van der Waals surface area (Å²) >= 11 is 0. The number of aromatic nitrogens is 2. The number of rotatable bonds is 4. The van der Waals surface area contributed by atoms with Crippen LogP contribution in [0, 0.1) is 0 Å². The van der Waals surface area contributed by atoms with Gasteiger partial charge in [-0.1, -0.05) is 19.3 Å². The molecule has 0 radical (unpaired) electrons. The Hall–Kier alpha value is -1.16. The van der Waals surface area contributed by atoms with Gasteiger partial charge in [-0.15, -0.1) is 0 Å². The van der Waals surface area contributed by atoms with Gasteiger partial charge in [-0.05, 0) is 39.0 Å². The fourth-order valence-corrected chi connectivity index (χ4v) is 3.59. The fraction of sp³-hybridized carbons (Fsp3) is 0.750. The van der Waals surface area contributed by atoms with Crippen molar-refractivity contribution in [1.82, 2.24) is 9.97 Å². The largest absolute Gasteiger partial charge is 0.370 e. The van der Waals surface area contributed by atoms with E-state index in [0.717, 1.165) is 43.9 Å². The average Bonchev–Trinajstić information content (AvgIpc) is 2.97. The molecule has 0 unspecified atom stereocenters. The van der Waals surface area contributed by atoms with E-state index >= 15 is 0 Å². The molecule has 2 aliphatic rings. The quantitative estimate of drug-likeness (QED) is 0.916. The summed E-state index contributed by atoms with van der Waals surface area (Å²) in [4.78, 5) is 9.74. The lowest BCUT2D eigenvalue weighted by Gasteiger charge is -2.35. The Balaban J connectivity index is 2.02. The molecule has 1 heterocycles. The second-order valence-corrected chi connectivity index (χ2v) is 5.96. The van der Waals surface area contributed by atoms with Crippen molar-refractivity contribution in [2.24, 2.45) is 0 Å². The standard InChI is InChI=1S/C16H25N3O/c1-3-17-14-12-8-7-9-13(12)18-15(19-14)16(20-2)10-5-4-6-11-16/h3-11H2,1-2H3,(H,17,18,19). The van der Waals surface area contributed by atoms with E-state index in [2.05, 4.69) is 12.2 Å². The maximum atomic E-state index is 5.90. The van der Waals surface area contributed by atoms with Crippen LogP contribution < -0.4 is 5.32 Å². The molecular formula is C16H25N3O. The van der Waals surface area contributed by atoms with E-state index in [4.69, 9.17) is 14.7 Å². The summed E-state index contributed by atoms with van der Waals surface area (Å²) in [6, 6.07) is 0. The Bertz CT molecular complexity index is 481. The lowest BCUT2D eigenvalue weighted by Crippen LogP contribution is -2.34. The van der Waals surface area contributed by atoms with Gasteiger partial charge < -0.3 is 10.1 Å². The SMILES string of the molecule is CCNc1nc(C2(OC)CCCCC2)nc2c1CCC2. The van der Waals surface area contributed by atoms with Crippen molar-refractivity contribution in [3.8, 4) is 0 Å². The number of nitrogens with one attached hydrogen (secondary N) is 1. The second-order valence-electron chi connectivity index (χ2n) is 5.96. The third-order valence-electron chi connectivity index (χ3n) is 4.74. The lowest BCUT2D eigenvalue weighted by molar-refractivity contribution is -0.0515. The average molecular weight is 275 g/mol. The predicted molar refractivity (Wildman–Crippen MR) is 80.0 cm³/mol. The fourth-order valence-electron chi connectivity index (χ4n) is 3.59. The first kappa shape index (κ1) is 13.8. The number of ether oxygens (including phenoxy) is 1. The molecular weight excluding hydrogens is 250 g/mol. The van der Waals surface area contributed by atoms with Crippen LogP contribution in [0.4, 0.5) is 5.82 Å². The van der Waals surface area contributed by atoms with Crippen LogP contribution in [0.1, 0.15) is 62.5 Å². The van der Waals surface area contributed by atoms with Gasteiger partial charge in [0.25, 0.3) is 0 Å². The first-order valence-corrected chi connectivity index (χ1v) is 7.98. The van der Waals surface area contributed by atoms with Gasteiger partial charge in [0, 0.05) is 24.9 Å². The highest BCUT2D eigenvalue weighted by Crippen LogP contribution is 2.40. The maximum absolute atomic E-state index is 5.90. The summed E-state index contributed by atoms with van der Waals surface area (Å²) < 4.78 is 5.90. The number of fused-ring (bicyclic) bond motifs is 1. The molecule has 2 aliphatic carbocycles. The van der Waals surface area contributed by atoms with E-state index in [1.165, 1.54) is 36.9 Å². The molecule has 0 aliphatic heterocycles. The monoisotopic (exact) mass is 275 g/mol. The molecule has 0 bridgehead atoms. The molecule has 0 saturated heterocycles. The van der Waals surface area contributed by atoms with E-state index in [1.807, 2.05) is 7.11 Å². The number of hydrogen-bond donors (Lipinski definition) is 1. The predicted octanol–water partition coefficient (Wildman–Crippen LogP) is 3.20. The molecule has 1 fully saturated rings. The van der Waals surface area contributed by atoms with Gasteiger partial charge >= 0.3 is 0 Å². The summed E-state index contributed by atoms with van der Waals surface area (Å²) in [5.74, 6) is 1.96. The Morgan fingerprint density at radius 2 is 1.90 bits per heavy atom. The van der Waals surface area contributed by atoms with E-state index in [-0.39, 0.29) is 5.60 Å². The van der Waals surface area contributed by atoms with Crippen LogP contribution in [-0.2, 0) is 23.2 Å². The van der Waals surface area contributed by atoms with Gasteiger partial charge in [-0.2, -0.15) is 0 Å². The van der Waals surface area contributed by atoms with Gasteiger partial charge in [0.15, 0.2) is 5.82 Å².